The van der Waals surface area contributed by atoms with Crippen LogP contribution in [0.2, 0.25) is 0 Å². The predicted octanol–water partition coefficient (Wildman–Crippen LogP) is 14.6. The first kappa shape index (κ1) is 49.8. The molecule has 5 aliphatic heterocycles. The van der Waals surface area contributed by atoms with Crippen molar-refractivity contribution in [3.63, 3.8) is 0 Å². The van der Waals surface area contributed by atoms with Gasteiger partial charge in [-0.15, -0.1) is 0 Å². The first-order valence-corrected chi connectivity index (χ1v) is 31.5. The zero-order chi connectivity index (χ0) is 50.0. The lowest BCUT2D eigenvalue weighted by Crippen LogP contribution is -2.62. The van der Waals surface area contributed by atoms with E-state index < -0.39 is 0 Å². The molecule has 20 atom stereocenters. The van der Waals surface area contributed by atoms with Crippen molar-refractivity contribution >= 4 is 0 Å². The lowest BCUT2D eigenvalue weighted by Gasteiger charge is -2.58. The van der Waals surface area contributed by atoms with Crippen LogP contribution in [0.3, 0.4) is 0 Å². The Balaban J connectivity index is 0.986. The molecule has 0 radical (unpaired) electrons. The summed E-state index contributed by atoms with van der Waals surface area (Å²) in [6.45, 7) is 29.7. The quantitative estimate of drug-likeness (QED) is 0.242. The highest BCUT2D eigenvalue weighted by Crippen LogP contribution is 2.64. The van der Waals surface area contributed by atoms with Crippen molar-refractivity contribution < 1.29 is 0 Å². The molecule has 11 aliphatic rings. The van der Waals surface area contributed by atoms with Crippen molar-refractivity contribution in [1.82, 2.24) is 21.3 Å². The molecule has 0 aromatic heterocycles. The highest BCUT2D eigenvalue weighted by atomic mass is 15.1. The van der Waals surface area contributed by atoms with Crippen molar-refractivity contribution in [3.8, 4) is 0 Å². The van der Waals surface area contributed by atoms with E-state index in [0.29, 0.717) is 60.2 Å². The van der Waals surface area contributed by atoms with Gasteiger partial charge in [0, 0.05) is 60.2 Å². The van der Waals surface area contributed by atoms with Gasteiger partial charge in [-0.3, -0.25) is 0 Å². The van der Waals surface area contributed by atoms with E-state index in [1.165, 1.54) is 116 Å². The largest absolute Gasteiger partial charge is 0.310 e. The second kappa shape index (κ2) is 17.9. The Bertz CT molecular complexity index is 2160. The van der Waals surface area contributed by atoms with Gasteiger partial charge < -0.3 is 21.3 Å². The van der Waals surface area contributed by atoms with Gasteiger partial charge in [0.05, 0.1) is 0 Å². The third kappa shape index (κ3) is 8.36. The monoisotopic (exact) mass is 977 g/mol. The molecular formula is C68H104N4. The van der Waals surface area contributed by atoms with Gasteiger partial charge in [-0.2, -0.15) is 0 Å². The van der Waals surface area contributed by atoms with Gasteiger partial charge >= 0.3 is 0 Å². The number of fused-ring (bicyclic) bond motifs is 12. The fourth-order valence-corrected chi connectivity index (χ4v) is 21.5. The third-order valence-corrected chi connectivity index (χ3v) is 24.5. The molecule has 11 fully saturated rings. The van der Waals surface area contributed by atoms with Gasteiger partial charge in [-0.1, -0.05) is 171 Å². The number of nitrogens with one attached hydrogen (secondary N) is 4. The summed E-state index contributed by atoms with van der Waals surface area (Å²) < 4.78 is 0. The Morgan fingerprint density at radius 3 is 0.972 bits per heavy atom. The van der Waals surface area contributed by atoms with Crippen LogP contribution in [0, 0.1) is 71.0 Å². The molecule has 8 bridgehead atoms. The smallest absolute Gasteiger partial charge is 0.0157 e. The van der Waals surface area contributed by atoms with Gasteiger partial charge in [0.2, 0.25) is 0 Å². The SMILES string of the molecule is CC(C)(C)c1cc(C2C3CCC(N3)C3C4CCCC5CCCC(C6CC(NC63)C(c3cc(C(C)(C)C)cc(C(C)(C)C)c3)C3CC6C7CCCC8CCCC(C87)C(C7CCC2N7)C6N3)C54)cc(C(C)(C)C)c1. The molecule has 0 amide bonds. The maximum atomic E-state index is 4.92. The van der Waals surface area contributed by atoms with Gasteiger partial charge in [0.15, 0.2) is 0 Å². The molecule has 4 heteroatoms. The van der Waals surface area contributed by atoms with Gasteiger partial charge in [0.25, 0.3) is 0 Å². The summed E-state index contributed by atoms with van der Waals surface area (Å²) in [5.74, 6) is 11.4. The third-order valence-electron chi connectivity index (χ3n) is 24.5. The summed E-state index contributed by atoms with van der Waals surface area (Å²) in [7, 11) is 0. The van der Waals surface area contributed by atoms with E-state index in [-0.39, 0.29) is 21.7 Å². The van der Waals surface area contributed by atoms with E-state index in [4.69, 9.17) is 21.3 Å². The highest BCUT2D eigenvalue weighted by molar-refractivity contribution is 5.43. The molecule has 2 aromatic rings. The van der Waals surface area contributed by atoms with Crippen molar-refractivity contribution in [2.24, 2.45) is 71.0 Å². The van der Waals surface area contributed by atoms with Crippen LogP contribution in [0.5, 0.6) is 0 Å². The minimum Gasteiger partial charge on any atom is -0.310 e. The van der Waals surface area contributed by atoms with E-state index in [1.807, 2.05) is 0 Å². The normalized spacial score (nSPS) is 45.7. The molecule has 5 heterocycles. The first-order valence-electron chi connectivity index (χ1n) is 31.5. The van der Waals surface area contributed by atoms with Crippen molar-refractivity contribution in [3.05, 3.63) is 69.8 Å². The van der Waals surface area contributed by atoms with Crippen LogP contribution in [-0.2, 0) is 21.7 Å². The van der Waals surface area contributed by atoms with Gasteiger partial charge in [-0.25, -0.2) is 0 Å². The Hall–Kier alpha value is -1.72. The zero-order valence-corrected chi connectivity index (χ0v) is 47.9. The van der Waals surface area contributed by atoms with Crippen molar-refractivity contribution in [2.75, 3.05) is 0 Å². The molecular weight excluding hydrogens is 873 g/mol. The molecule has 72 heavy (non-hydrogen) atoms. The maximum Gasteiger partial charge on any atom is 0.0157 e. The Morgan fingerprint density at radius 1 is 0.306 bits per heavy atom. The van der Waals surface area contributed by atoms with E-state index >= 15 is 0 Å². The Labute approximate surface area is 440 Å². The second-order valence-corrected chi connectivity index (χ2v) is 32.3. The first-order chi connectivity index (χ1) is 34.2. The second-order valence-electron chi connectivity index (χ2n) is 32.3. The van der Waals surface area contributed by atoms with Gasteiger partial charge in [0.1, 0.15) is 0 Å². The number of benzene rings is 2. The molecule has 396 valence electrons. The molecule has 6 aliphatic carbocycles. The summed E-state index contributed by atoms with van der Waals surface area (Å²) in [4.78, 5) is 0. The molecule has 0 spiro atoms. The summed E-state index contributed by atoms with van der Waals surface area (Å²) in [5, 5.41) is 19.5. The van der Waals surface area contributed by atoms with Crippen molar-refractivity contribution in [2.45, 2.75) is 280 Å². The Morgan fingerprint density at radius 2 is 0.625 bits per heavy atom. The average Bonchev–Trinajstić information content (AvgIpc) is 4.17. The lowest BCUT2D eigenvalue weighted by molar-refractivity contribution is -0.0732. The number of rotatable bonds is 2. The van der Waals surface area contributed by atoms with Crippen LogP contribution < -0.4 is 21.3 Å². The molecule has 2 aromatic carbocycles. The minimum absolute atomic E-state index is 0.105. The van der Waals surface area contributed by atoms with Crippen LogP contribution >= 0.6 is 0 Å². The van der Waals surface area contributed by atoms with E-state index in [9.17, 15) is 0 Å². The highest BCUT2D eigenvalue weighted by Gasteiger charge is 2.64. The van der Waals surface area contributed by atoms with Crippen LogP contribution in [0.4, 0.5) is 0 Å². The maximum absolute atomic E-state index is 4.92. The van der Waals surface area contributed by atoms with Crippen LogP contribution in [0.15, 0.2) is 36.4 Å². The predicted molar refractivity (Wildman–Crippen MR) is 301 cm³/mol. The van der Waals surface area contributed by atoms with E-state index in [2.05, 4.69) is 119 Å². The van der Waals surface area contributed by atoms with E-state index in [0.717, 1.165) is 71.0 Å². The van der Waals surface area contributed by atoms with Gasteiger partial charge in [-0.05, 0) is 190 Å². The molecule has 4 nitrogen and oxygen atoms in total. The van der Waals surface area contributed by atoms with Crippen LogP contribution in [0.1, 0.15) is 244 Å². The van der Waals surface area contributed by atoms with Crippen LogP contribution in [-0.4, -0.2) is 48.3 Å². The fourth-order valence-electron chi connectivity index (χ4n) is 21.5. The topological polar surface area (TPSA) is 48.1 Å². The molecule has 5 saturated heterocycles. The summed E-state index contributed by atoms with van der Waals surface area (Å²) in [5.41, 5.74) is 9.95. The molecule has 6 saturated carbocycles. The summed E-state index contributed by atoms with van der Waals surface area (Å²) >= 11 is 0. The van der Waals surface area contributed by atoms with Crippen molar-refractivity contribution in [1.29, 1.82) is 0 Å². The lowest BCUT2D eigenvalue weighted by atomic mass is 9.48. The standard InChI is InChI=1S/C68H104N4/c1-65(2,3)41-29-39(30-42(33-41)66(4,5)6)59-51-25-27-53(69-51)61-47-23-15-19-37-17-13-21-45(57(37)47)49-35-55(71-63(49)61)60(40-31-43(67(7,8)9)34-44(32-40)68(10,11)12)56-36-50-46-22-14-18-38-20-16-24-48(58(38)46)62(64(50)72-56)54-28-26-52(59)70-54/h29-34,37-38,45-64,69-72H,13-28,35-36H2,1-12H3. The zero-order valence-electron chi connectivity index (χ0n) is 47.9. The minimum atomic E-state index is 0.105. The summed E-state index contributed by atoms with van der Waals surface area (Å²) in [6, 6.07) is 20.8. The molecule has 20 unspecified atom stereocenters. The van der Waals surface area contributed by atoms with E-state index in [1.54, 1.807) is 33.4 Å². The Kier molecular flexibility index (Phi) is 12.4. The molecule has 13 rings (SSSR count). The number of hydrogen-bond acceptors (Lipinski definition) is 4. The molecule has 4 N–H and O–H groups in total. The fraction of sp³-hybridized carbons (Fsp3) is 0.824. The number of hydrogen-bond donors (Lipinski definition) is 4. The average molecular weight is 978 g/mol. The van der Waals surface area contributed by atoms with Crippen LogP contribution in [0.25, 0.3) is 0 Å². The summed E-state index contributed by atoms with van der Waals surface area (Å²) in [6.07, 6.45) is 26.0.